The van der Waals surface area contributed by atoms with Gasteiger partial charge in [-0.05, 0) is 12.1 Å². The topological polar surface area (TPSA) is 85.5 Å². The number of piperidine rings is 1. The number of hydrogen-bond donors (Lipinski definition) is 3. The first-order valence-corrected chi connectivity index (χ1v) is 6.26. The summed E-state index contributed by atoms with van der Waals surface area (Å²) in [5.74, 6) is 0. The molecule has 2 aliphatic heterocycles. The van der Waals surface area contributed by atoms with Gasteiger partial charge in [0.25, 0.3) is 6.02 Å². The number of amidine groups is 1. The highest BCUT2D eigenvalue weighted by Gasteiger charge is 2.47. The van der Waals surface area contributed by atoms with E-state index in [1.807, 2.05) is 30.3 Å². The lowest BCUT2D eigenvalue weighted by atomic mass is 9.96. The van der Waals surface area contributed by atoms with Crippen LogP contribution in [0, 0.1) is 0 Å². The van der Waals surface area contributed by atoms with E-state index in [4.69, 9.17) is 4.74 Å². The standard InChI is InChI=1S/C13H16N2O4/c16-10-6-11(17)15-9(12(10)18)7-19-13(15)14-8-4-2-1-3-5-8/h1-5,9-12,16-18H,6-7H2/t9-,10-,11-,12-/m1/s1. The quantitative estimate of drug-likeness (QED) is 0.655. The molecule has 6 heteroatoms. The molecule has 3 N–H and O–H groups in total. The highest BCUT2D eigenvalue weighted by molar-refractivity contribution is 5.79. The summed E-state index contributed by atoms with van der Waals surface area (Å²) in [5.41, 5.74) is 0.714. The van der Waals surface area contributed by atoms with Crippen LogP contribution < -0.4 is 0 Å². The molecule has 2 aliphatic rings. The second-order valence-corrected chi connectivity index (χ2v) is 4.79. The van der Waals surface area contributed by atoms with Crippen LogP contribution in [0.3, 0.4) is 0 Å². The molecule has 0 saturated carbocycles. The van der Waals surface area contributed by atoms with Crippen molar-refractivity contribution in [2.24, 2.45) is 4.99 Å². The fourth-order valence-corrected chi connectivity index (χ4v) is 2.50. The average molecular weight is 264 g/mol. The number of aliphatic hydroxyl groups excluding tert-OH is 3. The molecule has 19 heavy (non-hydrogen) atoms. The smallest absolute Gasteiger partial charge is 0.295 e. The molecule has 2 fully saturated rings. The Labute approximate surface area is 110 Å². The van der Waals surface area contributed by atoms with E-state index in [2.05, 4.69) is 4.99 Å². The number of aliphatic hydroxyl groups is 3. The van der Waals surface area contributed by atoms with Crippen molar-refractivity contribution in [1.29, 1.82) is 0 Å². The van der Waals surface area contributed by atoms with Gasteiger partial charge in [-0.3, -0.25) is 4.90 Å². The molecule has 1 aromatic carbocycles. The molecule has 2 heterocycles. The first kappa shape index (κ1) is 12.4. The number of aliphatic imine (C=N–C) groups is 1. The van der Waals surface area contributed by atoms with Crippen LogP contribution in [0.2, 0.25) is 0 Å². The van der Waals surface area contributed by atoms with Crippen LogP contribution >= 0.6 is 0 Å². The molecule has 4 atom stereocenters. The van der Waals surface area contributed by atoms with Gasteiger partial charge in [0.1, 0.15) is 18.9 Å². The lowest BCUT2D eigenvalue weighted by molar-refractivity contribution is -0.119. The Morgan fingerprint density at radius 3 is 2.63 bits per heavy atom. The van der Waals surface area contributed by atoms with E-state index in [0.717, 1.165) is 0 Å². The molecule has 0 bridgehead atoms. The van der Waals surface area contributed by atoms with Gasteiger partial charge in [-0.2, -0.15) is 4.99 Å². The zero-order valence-corrected chi connectivity index (χ0v) is 10.3. The van der Waals surface area contributed by atoms with Gasteiger partial charge in [0.05, 0.1) is 17.8 Å². The van der Waals surface area contributed by atoms with Crippen LogP contribution in [0.15, 0.2) is 35.3 Å². The maximum Gasteiger partial charge on any atom is 0.295 e. The maximum absolute atomic E-state index is 10.0. The third kappa shape index (κ3) is 2.18. The van der Waals surface area contributed by atoms with Gasteiger partial charge in [-0.25, -0.2) is 0 Å². The number of fused-ring (bicyclic) bond motifs is 1. The van der Waals surface area contributed by atoms with E-state index in [0.29, 0.717) is 5.69 Å². The molecular formula is C13H16N2O4. The van der Waals surface area contributed by atoms with Gasteiger partial charge < -0.3 is 20.1 Å². The molecule has 1 aromatic rings. The zero-order valence-electron chi connectivity index (χ0n) is 10.3. The first-order valence-electron chi connectivity index (χ1n) is 6.26. The zero-order chi connectivity index (χ0) is 13.4. The minimum atomic E-state index is -0.938. The van der Waals surface area contributed by atoms with Crippen molar-refractivity contribution in [3.8, 4) is 0 Å². The van der Waals surface area contributed by atoms with Crippen molar-refractivity contribution in [1.82, 2.24) is 4.90 Å². The van der Waals surface area contributed by atoms with Gasteiger partial charge in [0.15, 0.2) is 0 Å². The largest absolute Gasteiger partial charge is 0.463 e. The Balaban J connectivity index is 1.88. The van der Waals surface area contributed by atoms with E-state index in [9.17, 15) is 15.3 Å². The van der Waals surface area contributed by atoms with Crippen LogP contribution in [-0.4, -0.2) is 57.3 Å². The summed E-state index contributed by atoms with van der Waals surface area (Å²) < 4.78 is 5.44. The first-order chi connectivity index (χ1) is 9.16. The molecule has 3 rings (SSSR count). The monoisotopic (exact) mass is 264 g/mol. The van der Waals surface area contributed by atoms with E-state index in [-0.39, 0.29) is 19.0 Å². The minimum absolute atomic E-state index is 0.0782. The van der Waals surface area contributed by atoms with Crippen LogP contribution in [-0.2, 0) is 4.74 Å². The van der Waals surface area contributed by atoms with Gasteiger partial charge in [-0.15, -0.1) is 0 Å². The fraction of sp³-hybridized carbons (Fsp3) is 0.462. The van der Waals surface area contributed by atoms with Crippen molar-refractivity contribution in [2.75, 3.05) is 6.61 Å². The van der Waals surface area contributed by atoms with Crippen LogP contribution in [0.5, 0.6) is 0 Å². The number of rotatable bonds is 1. The Bertz CT molecular complexity index is 479. The Hall–Kier alpha value is -1.63. The molecule has 102 valence electrons. The van der Waals surface area contributed by atoms with Crippen molar-refractivity contribution in [3.05, 3.63) is 30.3 Å². The summed E-state index contributed by atoms with van der Waals surface area (Å²) in [6.45, 7) is 0.209. The fourth-order valence-electron chi connectivity index (χ4n) is 2.50. The van der Waals surface area contributed by atoms with Crippen molar-refractivity contribution in [3.63, 3.8) is 0 Å². The predicted molar refractivity (Wildman–Crippen MR) is 67.8 cm³/mol. The average Bonchev–Trinajstić information content (AvgIpc) is 2.82. The number of hydrogen-bond acceptors (Lipinski definition) is 5. The SMILES string of the molecule is O[C@H]1[C@H](O)C[C@@H](O)N2C(=Nc3ccccc3)OC[C@H]12. The summed E-state index contributed by atoms with van der Waals surface area (Å²) in [4.78, 5) is 5.85. The molecule has 6 nitrogen and oxygen atoms in total. The summed E-state index contributed by atoms with van der Waals surface area (Å²) >= 11 is 0. The minimum Gasteiger partial charge on any atom is -0.463 e. The molecule has 0 amide bonds. The molecule has 0 aromatic heterocycles. The number of para-hydroxylation sites is 1. The lowest BCUT2D eigenvalue weighted by Crippen LogP contribution is -2.58. The summed E-state index contributed by atoms with van der Waals surface area (Å²) in [6.07, 6.45) is -2.69. The summed E-state index contributed by atoms with van der Waals surface area (Å²) in [5, 5.41) is 29.6. The predicted octanol–water partition coefficient (Wildman–Crippen LogP) is -0.181. The molecule has 0 unspecified atom stereocenters. The van der Waals surface area contributed by atoms with Crippen LogP contribution in [0.4, 0.5) is 5.69 Å². The van der Waals surface area contributed by atoms with Gasteiger partial charge in [-0.1, -0.05) is 18.2 Å². The third-order valence-corrected chi connectivity index (χ3v) is 3.50. The lowest BCUT2D eigenvalue weighted by Gasteiger charge is -2.39. The van der Waals surface area contributed by atoms with E-state index in [1.165, 1.54) is 4.90 Å². The Kier molecular flexibility index (Phi) is 3.14. The van der Waals surface area contributed by atoms with Crippen molar-refractivity contribution in [2.45, 2.75) is 30.9 Å². The van der Waals surface area contributed by atoms with Gasteiger partial charge >= 0.3 is 0 Å². The molecule has 0 spiro atoms. The number of ether oxygens (including phenoxy) is 1. The summed E-state index contributed by atoms with van der Waals surface area (Å²) in [6, 6.07) is 9.08. The van der Waals surface area contributed by atoms with Crippen molar-refractivity contribution < 1.29 is 20.1 Å². The second-order valence-electron chi connectivity index (χ2n) is 4.79. The molecule has 2 saturated heterocycles. The molecule has 0 radical (unpaired) electrons. The van der Waals surface area contributed by atoms with E-state index >= 15 is 0 Å². The highest BCUT2D eigenvalue weighted by atomic mass is 16.5. The second kappa shape index (κ2) is 4.80. The van der Waals surface area contributed by atoms with E-state index < -0.39 is 24.5 Å². The molecule has 0 aliphatic carbocycles. The van der Waals surface area contributed by atoms with Gasteiger partial charge in [0, 0.05) is 6.42 Å². The Morgan fingerprint density at radius 2 is 1.89 bits per heavy atom. The normalized spacial score (nSPS) is 36.2. The van der Waals surface area contributed by atoms with Crippen molar-refractivity contribution >= 4 is 11.7 Å². The number of nitrogens with zero attached hydrogens (tertiary/aromatic N) is 2. The maximum atomic E-state index is 10.0. The van der Waals surface area contributed by atoms with E-state index in [1.54, 1.807) is 0 Å². The van der Waals surface area contributed by atoms with Crippen LogP contribution in [0.1, 0.15) is 6.42 Å². The summed E-state index contributed by atoms with van der Waals surface area (Å²) in [7, 11) is 0. The molecular weight excluding hydrogens is 248 g/mol. The number of benzene rings is 1. The van der Waals surface area contributed by atoms with Gasteiger partial charge in [0.2, 0.25) is 0 Å². The van der Waals surface area contributed by atoms with Crippen LogP contribution in [0.25, 0.3) is 0 Å². The highest BCUT2D eigenvalue weighted by Crippen LogP contribution is 2.29. The Morgan fingerprint density at radius 1 is 1.16 bits per heavy atom. The third-order valence-electron chi connectivity index (χ3n) is 3.50.